The maximum atomic E-state index is 11.9. The summed E-state index contributed by atoms with van der Waals surface area (Å²) in [6.07, 6.45) is 12.3. The quantitative estimate of drug-likeness (QED) is 0.653. The number of rotatable bonds is 9. The van der Waals surface area contributed by atoms with Crippen molar-refractivity contribution in [2.75, 3.05) is 26.7 Å². The summed E-state index contributed by atoms with van der Waals surface area (Å²) in [5.41, 5.74) is 2.24. The Morgan fingerprint density at radius 2 is 1.89 bits per heavy atom. The van der Waals surface area contributed by atoms with Crippen LogP contribution in [0.15, 0.2) is 42.7 Å². The molecule has 1 aliphatic carbocycles. The summed E-state index contributed by atoms with van der Waals surface area (Å²) in [5, 5.41) is 10.1. The predicted molar refractivity (Wildman–Crippen MR) is 113 cm³/mol. The van der Waals surface area contributed by atoms with Crippen molar-refractivity contribution >= 4 is 6.03 Å². The van der Waals surface area contributed by atoms with E-state index in [1.54, 1.807) is 6.20 Å². The number of carbonyl (C=O) groups is 1. The highest BCUT2D eigenvalue weighted by Gasteiger charge is 2.17. The van der Waals surface area contributed by atoms with E-state index in [-0.39, 0.29) is 6.03 Å². The fraction of sp³-hybridized carbons (Fsp3) is 0.545. The van der Waals surface area contributed by atoms with Gasteiger partial charge in [-0.2, -0.15) is 5.10 Å². The van der Waals surface area contributed by atoms with Crippen LogP contribution in [0.4, 0.5) is 4.79 Å². The lowest BCUT2D eigenvalue weighted by Gasteiger charge is -2.31. The zero-order valence-corrected chi connectivity index (χ0v) is 16.9. The van der Waals surface area contributed by atoms with Crippen molar-refractivity contribution < 1.29 is 4.79 Å². The molecule has 2 amide bonds. The number of nitrogens with one attached hydrogen (secondary N) is 2. The minimum Gasteiger partial charge on any atom is -0.338 e. The standard InChI is InChI=1S/C22H33N5O/c1-26(20-7-3-2-4-8-20)17-5-14-23-22(28)24-16-13-19-9-11-21(12-10-19)27-18-6-15-25-27/h6,9-12,15,18,20H,2-5,7-8,13-14,16-17H2,1H3,(H2,23,24,28). The first-order chi connectivity index (χ1) is 13.7. The number of nitrogens with zero attached hydrogens (tertiary/aromatic N) is 3. The van der Waals surface area contributed by atoms with Crippen LogP contribution in [-0.4, -0.2) is 53.4 Å². The van der Waals surface area contributed by atoms with E-state index in [1.807, 2.05) is 29.1 Å². The largest absolute Gasteiger partial charge is 0.338 e. The van der Waals surface area contributed by atoms with Gasteiger partial charge in [0.05, 0.1) is 5.69 Å². The first-order valence-corrected chi connectivity index (χ1v) is 10.5. The average Bonchev–Trinajstić information content (AvgIpc) is 3.27. The lowest BCUT2D eigenvalue weighted by Crippen LogP contribution is -2.39. The molecule has 1 aliphatic rings. The maximum Gasteiger partial charge on any atom is 0.314 e. The van der Waals surface area contributed by atoms with Crippen molar-refractivity contribution in [3.63, 3.8) is 0 Å². The Morgan fingerprint density at radius 1 is 1.14 bits per heavy atom. The van der Waals surface area contributed by atoms with Crippen LogP contribution in [0.2, 0.25) is 0 Å². The third-order valence-electron chi connectivity index (χ3n) is 5.58. The number of amides is 2. The number of urea groups is 1. The molecule has 1 fully saturated rings. The van der Waals surface area contributed by atoms with Gasteiger partial charge < -0.3 is 15.5 Å². The highest BCUT2D eigenvalue weighted by Crippen LogP contribution is 2.21. The predicted octanol–water partition coefficient (Wildman–Crippen LogP) is 3.37. The lowest BCUT2D eigenvalue weighted by molar-refractivity contribution is 0.189. The number of benzene rings is 1. The monoisotopic (exact) mass is 383 g/mol. The molecule has 3 rings (SSSR count). The summed E-state index contributed by atoms with van der Waals surface area (Å²) >= 11 is 0. The molecule has 28 heavy (non-hydrogen) atoms. The van der Waals surface area contributed by atoms with E-state index in [1.165, 1.54) is 37.7 Å². The van der Waals surface area contributed by atoms with Gasteiger partial charge in [0.15, 0.2) is 0 Å². The smallest absolute Gasteiger partial charge is 0.314 e. The summed E-state index contributed by atoms with van der Waals surface area (Å²) in [7, 11) is 2.22. The summed E-state index contributed by atoms with van der Waals surface area (Å²) in [5.74, 6) is 0. The average molecular weight is 384 g/mol. The van der Waals surface area contributed by atoms with Gasteiger partial charge in [-0.1, -0.05) is 31.4 Å². The summed E-state index contributed by atoms with van der Waals surface area (Å²) in [4.78, 5) is 14.4. The van der Waals surface area contributed by atoms with E-state index in [4.69, 9.17) is 0 Å². The van der Waals surface area contributed by atoms with Crippen LogP contribution in [0.25, 0.3) is 5.69 Å². The Hall–Kier alpha value is -2.34. The third kappa shape index (κ3) is 6.37. The molecule has 1 heterocycles. The molecule has 2 aromatic rings. The number of aromatic nitrogens is 2. The molecule has 2 N–H and O–H groups in total. The van der Waals surface area contributed by atoms with E-state index in [0.717, 1.165) is 37.7 Å². The molecular weight excluding hydrogens is 350 g/mol. The van der Waals surface area contributed by atoms with E-state index in [2.05, 4.69) is 39.8 Å². The molecule has 1 aromatic carbocycles. The molecule has 0 atom stereocenters. The molecule has 6 nitrogen and oxygen atoms in total. The van der Waals surface area contributed by atoms with Gasteiger partial charge in [0, 0.05) is 31.5 Å². The van der Waals surface area contributed by atoms with Crippen LogP contribution in [0.1, 0.15) is 44.1 Å². The van der Waals surface area contributed by atoms with Gasteiger partial charge in [-0.25, -0.2) is 9.48 Å². The van der Waals surface area contributed by atoms with Gasteiger partial charge >= 0.3 is 6.03 Å². The molecular formula is C22H33N5O. The van der Waals surface area contributed by atoms with Gasteiger partial charge in [-0.3, -0.25) is 0 Å². The Balaban J connectivity index is 1.26. The minimum atomic E-state index is -0.0755. The Morgan fingerprint density at radius 3 is 2.61 bits per heavy atom. The molecule has 0 radical (unpaired) electrons. The molecule has 0 bridgehead atoms. The Labute approximate surface area is 168 Å². The normalized spacial score (nSPS) is 14.9. The van der Waals surface area contributed by atoms with Crippen LogP contribution < -0.4 is 10.6 Å². The van der Waals surface area contributed by atoms with Crippen LogP contribution in [0, 0.1) is 0 Å². The van der Waals surface area contributed by atoms with Crippen molar-refractivity contribution in [3.8, 4) is 5.69 Å². The van der Waals surface area contributed by atoms with Crippen molar-refractivity contribution in [1.29, 1.82) is 0 Å². The molecule has 6 heteroatoms. The van der Waals surface area contributed by atoms with Gasteiger partial charge in [-0.05, 0) is 63.0 Å². The van der Waals surface area contributed by atoms with E-state index in [9.17, 15) is 4.79 Å². The van der Waals surface area contributed by atoms with Gasteiger partial charge in [0.25, 0.3) is 0 Å². The van der Waals surface area contributed by atoms with Gasteiger partial charge in [-0.15, -0.1) is 0 Å². The molecule has 1 aromatic heterocycles. The SMILES string of the molecule is CN(CCCNC(=O)NCCc1ccc(-n2cccn2)cc1)C1CCCCC1. The Bertz CT molecular complexity index is 692. The van der Waals surface area contributed by atoms with E-state index in [0.29, 0.717) is 6.54 Å². The summed E-state index contributed by atoms with van der Waals surface area (Å²) in [6, 6.07) is 10.8. The molecule has 0 aliphatic heterocycles. The lowest BCUT2D eigenvalue weighted by atomic mass is 9.94. The number of carbonyl (C=O) groups excluding carboxylic acids is 1. The van der Waals surface area contributed by atoms with E-state index < -0.39 is 0 Å². The van der Waals surface area contributed by atoms with Crippen LogP contribution in [-0.2, 0) is 6.42 Å². The van der Waals surface area contributed by atoms with Gasteiger partial charge in [0.2, 0.25) is 0 Å². The summed E-state index contributed by atoms with van der Waals surface area (Å²) in [6.45, 7) is 2.41. The second kappa shape index (κ2) is 10.9. The molecule has 0 saturated heterocycles. The highest BCUT2D eigenvalue weighted by molar-refractivity contribution is 5.73. The second-order valence-corrected chi connectivity index (χ2v) is 7.68. The summed E-state index contributed by atoms with van der Waals surface area (Å²) < 4.78 is 1.83. The van der Waals surface area contributed by atoms with Crippen molar-refractivity contribution in [2.24, 2.45) is 0 Å². The number of hydrogen-bond acceptors (Lipinski definition) is 3. The second-order valence-electron chi connectivity index (χ2n) is 7.68. The fourth-order valence-electron chi connectivity index (χ4n) is 3.85. The zero-order chi connectivity index (χ0) is 19.6. The molecule has 152 valence electrons. The van der Waals surface area contributed by atoms with Crippen LogP contribution in [0.3, 0.4) is 0 Å². The molecule has 0 spiro atoms. The third-order valence-corrected chi connectivity index (χ3v) is 5.58. The first-order valence-electron chi connectivity index (χ1n) is 10.5. The van der Waals surface area contributed by atoms with Crippen LogP contribution in [0.5, 0.6) is 0 Å². The van der Waals surface area contributed by atoms with Crippen LogP contribution >= 0.6 is 0 Å². The minimum absolute atomic E-state index is 0.0755. The number of hydrogen-bond donors (Lipinski definition) is 2. The first kappa shape index (κ1) is 20.4. The van der Waals surface area contributed by atoms with Crippen molar-refractivity contribution in [1.82, 2.24) is 25.3 Å². The zero-order valence-electron chi connectivity index (χ0n) is 16.9. The molecule has 1 saturated carbocycles. The Kier molecular flexibility index (Phi) is 7.91. The van der Waals surface area contributed by atoms with Gasteiger partial charge in [0.1, 0.15) is 0 Å². The van der Waals surface area contributed by atoms with Crippen molar-refractivity contribution in [3.05, 3.63) is 48.3 Å². The van der Waals surface area contributed by atoms with E-state index >= 15 is 0 Å². The highest BCUT2D eigenvalue weighted by atomic mass is 16.2. The maximum absolute atomic E-state index is 11.9. The van der Waals surface area contributed by atoms with Crippen molar-refractivity contribution in [2.45, 2.75) is 51.0 Å². The molecule has 0 unspecified atom stereocenters. The topological polar surface area (TPSA) is 62.2 Å². The fourth-order valence-corrected chi connectivity index (χ4v) is 3.85.